The first kappa shape index (κ1) is 15.2. The third kappa shape index (κ3) is 2.26. The predicted octanol–water partition coefficient (Wildman–Crippen LogP) is 3.88. The lowest BCUT2D eigenvalue weighted by atomic mass is 9.71. The lowest BCUT2D eigenvalue weighted by molar-refractivity contribution is -0.153. The van der Waals surface area contributed by atoms with Crippen LogP contribution in [0.25, 0.3) is 16.8 Å². The third-order valence-electron chi connectivity index (χ3n) is 6.54. The van der Waals surface area contributed by atoms with Gasteiger partial charge in [-0.25, -0.2) is 0 Å². The Bertz CT molecular complexity index is 866. The number of fused-ring (bicyclic) bond motifs is 2. The normalized spacial score (nSPS) is 34.6. The largest absolute Gasteiger partial charge is 0.469 e. The number of piperidine rings is 3. The second-order valence-electron chi connectivity index (χ2n) is 7.65. The van der Waals surface area contributed by atoms with Gasteiger partial charge >= 0.3 is 5.97 Å². The molecule has 4 heterocycles. The average molecular weight is 333 g/mol. The van der Waals surface area contributed by atoms with Crippen molar-refractivity contribution in [2.75, 3.05) is 13.7 Å². The van der Waals surface area contributed by atoms with Gasteiger partial charge in [0.05, 0.1) is 13.0 Å². The molecule has 4 bridgehead atoms. The summed E-state index contributed by atoms with van der Waals surface area (Å²) in [4.78, 5) is 15.0. The maximum atomic E-state index is 12.5. The van der Waals surface area contributed by atoms with Crippen LogP contribution in [-0.4, -0.2) is 36.6 Å². The number of esters is 1. The fraction of sp³-hybridized carbons (Fsp3) is 0.409. The summed E-state index contributed by atoms with van der Waals surface area (Å²) in [6.45, 7) is 1.01. The van der Waals surface area contributed by atoms with Crippen molar-refractivity contribution >= 4 is 22.8 Å². The molecule has 2 aromatic rings. The van der Waals surface area contributed by atoms with Crippen molar-refractivity contribution in [3.05, 3.63) is 53.6 Å². The van der Waals surface area contributed by atoms with Crippen LogP contribution in [0.4, 0.5) is 0 Å². The van der Waals surface area contributed by atoms with Crippen molar-refractivity contribution < 1.29 is 9.53 Å². The Morgan fingerprint density at radius 1 is 1.16 bits per heavy atom. The zero-order chi connectivity index (χ0) is 17.0. The van der Waals surface area contributed by atoms with Crippen LogP contribution in [0.1, 0.15) is 24.8 Å². The SMILES string of the molecule is COC(=O)[C@H]1[C@@H]2C[C@@H]3CC[C@H]1N3C/C2=C\c1cccc2ccccc12. The molecule has 0 saturated carbocycles. The van der Waals surface area contributed by atoms with E-state index in [-0.39, 0.29) is 11.9 Å². The number of hydrogen-bond donors (Lipinski definition) is 0. The number of ether oxygens (including phenoxy) is 1. The molecule has 25 heavy (non-hydrogen) atoms. The topological polar surface area (TPSA) is 29.5 Å². The van der Waals surface area contributed by atoms with Crippen molar-refractivity contribution in [1.29, 1.82) is 0 Å². The van der Waals surface area contributed by atoms with Crippen molar-refractivity contribution in [3.8, 4) is 0 Å². The molecule has 128 valence electrons. The molecule has 0 aromatic heterocycles. The van der Waals surface area contributed by atoms with Gasteiger partial charge in [0.1, 0.15) is 0 Å². The van der Waals surface area contributed by atoms with E-state index in [1.54, 1.807) is 0 Å². The van der Waals surface area contributed by atoms with E-state index in [4.69, 9.17) is 4.74 Å². The van der Waals surface area contributed by atoms with Gasteiger partial charge in [0, 0.05) is 18.6 Å². The van der Waals surface area contributed by atoms with Gasteiger partial charge in [-0.3, -0.25) is 9.69 Å². The van der Waals surface area contributed by atoms with Gasteiger partial charge in [0.15, 0.2) is 0 Å². The monoisotopic (exact) mass is 333 g/mol. The predicted molar refractivity (Wildman–Crippen MR) is 99.1 cm³/mol. The number of rotatable bonds is 2. The fourth-order valence-corrected chi connectivity index (χ4v) is 5.46. The van der Waals surface area contributed by atoms with Gasteiger partial charge in [-0.2, -0.15) is 0 Å². The fourth-order valence-electron chi connectivity index (χ4n) is 5.46. The standard InChI is InChI=1S/C22H23NO2/c1-25-22(24)21-19-12-17-9-10-20(21)23(17)13-16(19)11-15-7-4-6-14-5-2-3-8-18(14)15/h2-8,11,17,19-21H,9-10,12-13H2,1H3/b16-11+/t17-,19+,20+,21-/m0/s1. The van der Waals surface area contributed by atoms with E-state index in [0.717, 1.165) is 19.4 Å². The van der Waals surface area contributed by atoms with E-state index in [9.17, 15) is 4.79 Å². The van der Waals surface area contributed by atoms with E-state index in [1.807, 2.05) is 0 Å². The smallest absolute Gasteiger partial charge is 0.310 e. The van der Waals surface area contributed by atoms with Crippen LogP contribution in [0.3, 0.4) is 0 Å². The summed E-state index contributed by atoms with van der Waals surface area (Å²) in [6, 6.07) is 16.0. The average Bonchev–Trinajstić information content (AvgIpc) is 2.96. The van der Waals surface area contributed by atoms with E-state index in [1.165, 1.54) is 35.4 Å². The summed E-state index contributed by atoms with van der Waals surface area (Å²) < 4.78 is 5.17. The molecule has 0 N–H and O–H groups in total. The van der Waals surface area contributed by atoms with Crippen molar-refractivity contribution in [3.63, 3.8) is 0 Å². The lowest BCUT2D eigenvalue weighted by Gasteiger charge is -2.50. The van der Waals surface area contributed by atoms with E-state index in [0.29, 0.717) is 18.0 Å². The molecule has 5 atom stereocenters. The number of methoxy groups -OCH3 is 1. The van der Waals surface area contributed by atoms with Crippen LogP contribution >= 0.6 is 0 Å². The highest BCUT2D eigenvalue weighted by atomic mass is 16.5. The Morgan fingerprint density at radius 3 is 2.88 bits per heavy atom. The van der Waals surface area contributed by atoms with Crippen LogP contribution in [0.2, 0.25) is 0 Å². The van der Waals surface area contributed by atoms with Crippen molar-refractivity contribution in [1.82, 2.24) is 4.90 Å². The summed E-state index contributed by atoms with van der Waals surface area (Å²) in [5, 5.41) is 2.55. The Morgan fingerprint density at radius 2 is 2.00 bits per heavy atom. The number of carbonyl (C=O) groups excluding carboxylic acids is 1. The first-order chi connectivity index (χ1) is 12.3. The Labute approximate surface area is 148 Å². The van der Waals surface area contributed by atoms with Gasteiger partial charge in [0.2, 0.25) is 0 Å². The van der Waals surface area contributed by atoms with Gasteiger partial charge in [-0.15, -0.1) is 0 Å². The molecule has 0 aliphatic carbocycles. The Kier molecular flexibility index (Phi) is 3.46. The third-order valence-corrected chi connectivity index (χ3v) is 6.54. The molecular formula is C22H23NO2. The number of nitrogens with zero attached hydrogens (tertiary/aromatic N) is 1. The molecule has 4 saturated heterocycles. The highest BCUT2D eigenvalue weighted by Crippen LogP contribution is 2.51. The van der Waals surface area contributed by atoms with E-state index >= 15 is 0 Å². The summed E-state index contributed by atoms with van der Waals surface area (Å²) in [5.74, 6) is 0.330. The minimum absolute atomic E-state index is 0.0127. The summed E-state index contributed by atoms with van der Waals surface area (Å²) in [7, 11) is 1.53. The number of hydrogen-bond acceptors (Lipinski definition) is 3. The van der Waals surface area contributed by atoms with Crippen LogP contribution in [-0.2, 0) is 9.53 Å². The Hall–Kier alpha value is -2.13. The summed E-state index contributed by atoms with van der Waals surface area (Å²) in [6.07, 6.45) is 5.82. The lowest BCUT2D eigenvalue weighted by Crippen LogP contribution is -2.58. The molecule has 4 fully saturated rings. The molecule has 3 heteroatoms. The highest BCUT2D eigenvalue weighted by Gasteiger charge is 2.55. The van der Waals surface area contributed by atoms with Crippen molar-refractivity contribution in [2.45, 2.75) is 31.3 Å². The molecule has 0 radical (unpaired) electrons. The minimum Gasteiger partial charge on any atom is -0.469 e. The van der Waals surface area contributed by atoms with Gasteiger partial charge < -0.3 is 4.74 Å². The molecule has 3 nitrogen and oxygen atoms in total. The summed E-state index contributed by atoms with van der Waals surface area (Å²) in [5.41, 5.74) is 2.67. The maximum Gasteiger partial charge on any atom is 0.310 e. The van der Waals surface area contributed by atoms with Gasteiger partial charge in [-0.05, 0) is 41.5 Å². The second-order valence-corrected chi connectivity index (χ2v) is 7.65. The van der Waals surface area contributed by atoms with E-state index < -0.39 is 0 Å². The van der Waals surface area contributed by atoms with Crippen LogP contribution in [0.15, 0.2) is 48.0 Å². The van der Waals surface area contributed by atoms with Crippen LogP contribution < -0.4 is 0 Å². The summed E-state index contributed by atoms with van der Waals surface area (Å²) >= 11 is 0. The zero-order valence-corrected chi connectivity index (χ0v) is 14.5. The molecule has 1 unspecified atom stereocenters. The molecule has 0 amide bonds. The minimum atomic E-state index is -0.0242. The molecular weight excluding hydrogens is 310 g/mol. The van der Waals surface area contributed by atoms with Crippen LogP contribution in [0, 0.1) is 11.8 Å². The first-order valence-electron chi connectivity index (χ1n) is 9.28. The maximum absolute atomic E-state index is 12.5. The van der Waals surface area contributed by atoms with Gasteiger partial charge in [0.25, 0.3) is 0 Å². The van der Waals surface area contributed by atoms with Crippen molar-refractivity contribution in [2.24, 2.45) is 11.8 Å². The molecule has 6 rings (SSSR count). The first-order valence-corrected chi connectivity index (χ1v) is 9.28. The van der Waals surface area contributed by atoms with E-state index in [2.05, 4.69) is 53.4 Å². The molecule has 4 aliphatic rings. The van der Waals surface area contributed by atoms with Crippen LogP contribution in [0.5, 0.6) is 0 Å². The molecule has 4 aliphatic heterocycles. The molecule has 0 spiro atoms. The zero-order valence-electron chi connectivity index (χ0n) is 14.5. The van der Waals surface area contributed by atoms with Gasteiger partial charge in [-0.1, -0.05) is 54.1 Å². The Balaban J connectivity index is 1.58. The second kappa shape index (κ2) is 5.70. The molecule has 2 aromatic carbocycles. The number of benzene rings is 2. The number of carbonyl (C=O) groups is 1. The quantitative estimate of drug-likeness (QED) is 0.781. The highest BCUT2D eigenvalue weighted by molar-refractivity contribution is 5.91.